The van der Waals surface area contributed by atoms with E-state index < -0.39 is 0 Å². The average Bonchev–Trinajstić information content (AvgIpc) is 3.04. The van der Waals surface area contributed by atoms with Gasteiger partial charge in [-0.3, -0.25) is 9.59 Å². The minimum atomic E-state index is -0.356. The molecule has 0 saturated heterocycles. The van der Waals surface area contributed by atoms with Crippen LogP contribution in [0.25, 0.3) is 11.0 Å². The topological polar surface area (TPSA) is 76.0 Å². The predicted molar refractivity (Wildman–Crippen MR) is 97.0 cm³/mol. The summed E-state index contributed by atoms with van der Waals surface area (Å²) >= 11 is 0. The van der Waals surface area contributed by atoms with E-state index in [1.165, 1.54) is 6.92 Å². The van der Waals surface area contributed by atoms with Crippen LogP contribution in [-0.4, -0.2) is 21.4 Å². The molecule has 1 heterocycles. The second-order valence-electron chi connectivity index (χ2n) is 5.91. The molecule has 1 aromatic heterocycles. The van der Waals surface area contributed by atoms with Crippen LogP contribution in [0.4, 0.5) is 5.69 Å². The van der Waals surface area contributed by atoms with Crippen molar-refractivity contribution in [2.24, 2.45) is 0 Å². The summed E-state index contributed by atoms with van der Waals surface area (Å²) in [5.74, 6) is -0.184. The Balaban J connectivity index is 1.63. The van der Waals surface area contributed by atoms with Gasteiger partial charge in [-0.05, 0) is 36.8 Å². The monoisotopic (exact) mass is 336 g/mol. The van der Waals surface area contributed by atoms with Crippen LogP contribution in [-0.2, 0) is 16.1 Å². The van der Waals surface area contributed by atoms with E-state index in [9.17, 15) is 9.59 Å². The highest BCUT2D eigenvalue weighted by Gasteiger charge is 2.16. The smallest absolute Gasteiger partial charge is 0.243 e. The van der Waals surface area contributed by atoms with Crippen LogP contribution in [0.2, 0.25) is 0 Å². The molecule has 0 aliphatic rings. The molecule has 0 spiro atoms. The Hall–Kier alpha value is -3.15. The summed E-state index contributed by atoms with van der Waals surface area (Å²) in [4.78, 5) is 27.8. The van der Waals surface area contributed by atoms with Gasteiger partial charge in [0.05, 0.1) is 17.4 Å². The maximum absolute atomic E-state index is 12.5. The quantitative estimate of drug-likeness (QED) is 0.752. The maximum atomic E-state index is 12.5. The summed E-state index contributed by atoms with van der Waals surface area (Å²) in [7, 11) is 0. The number of imidazole rings is 1. The van der Waals surface area contributed by atoms with E-state index in [0.29, 0.717) is 6.54 Å². The highest BCUT2D eigenvalue weighted by molar-refractivity contribution is 5.88. The number of nitrogens with one attached hydrogen (secondary N) is 2. The summed E-state index contributed by atoms with van der Waals surface area (Å²) in [6, 6.07) is 14.8. The fourth-order valence-electron chi connectivity index (χ4n) is 2.66. The van der Waals surface area contributed by atoms with Gasteiger partial charge in [-0.1, -0.05) is 24.3 Å². The second kappa shape index (κ2) is 7.17. The number of fused-ring (bicyclic) bond motifs is 1. The summed E-state index contributed by atoms with van der Waals surface area (Å²) in [5, 5.41) is 5.65. The zero-order valence-corrected chi connectivity index (χ0v) is 14.2. The van der Waals surface area contributed by atoms with E-state index >= 15 is 0 Å². The van der Waals surface area contributed by atoms with E-state index in [1.54, 1.807) is 6.33 Å². The number of anilines is 1. The van der Waals surface area contributed by atoms with Gasteiger partial charge in [0.2, 0.25) is 11.8 Å². The Bertz CT molecular complexity index is 899. The van der Waals surface area contributed by atoms with Gasteiger partial charge in [-0.15, -0.1) is 0 Å². The van der Waals surface area contributed by atoms with Crippen LogP contribution in [0, 0.1) is 0 Å². The lowest BCUT2D eigenvalue weighted by molar-refractivity contribution is -0.124. The number of amides is 2. The highest BCUT2D eigenvalue weighted by Crippen LogP contribution is 2.17. The van der Waals surface area contributed by atoms with Gasteiger partial charge < -0.3 is 15.2 Å². The van der Waals surface area contributed by atoms with Crippen molar-refractivity contribution >= 4 is 28.5 Å². The molecule has 0 fully saturated rings. The van der Waals surface area contributed by atoms with Gasteiger partial charge in [0.25, 0.3) is 0 Å². The lowest BCUT2D eigenvalue weighted by Gasteiger charge is -2.15. The number of carbonyl (C=O) groups excluding carboxylic acids is 2. The molecule has 0 radical (unpaired) electrons. The van der Waals surface area contributed by atoms with Crippen molar-refractivity contribution in [2.75, 3.05) is 5.32 Å². The first-order valence-corrected chi connectivity index (χ1v) is 8.10. The Morgan fingerprint density at radius 1 is 1.12 bits per heavy atom. The summed E-state index contributed by atoms with van der Waals surface area (Å²) in [6.45, 7) is 3.74. The molecule has 2 aromatic carbocycles. The van der Waals surface area contributed by atoms with Crippen LogP contribution >= 0.6 is 0 Å². The van der Waals surface area contributed by atoms with E-state index in [-0.39, 0.29) is 17.9 Å². The van der Waals surface area contributed by atoms with Crippen molar-refractivity contribution in [3.63, 3.8) is 0 Å². The zero-order chi connectivity index (χ0) is 17.8. The first-order chi connectivity index (χ1) is 12.0. The van der Waals surface area contributed by atoms with Gasteiger partial charge in [-0.25, -0.2) is 4.98 Å². The Labute approximate surface area is 145 Å². The number of benzene rings is 2. The van der Waals surface area contributed by atoms with Crippen molar-refractivity contribution in [3.8, 4) is 0 Å². The Kier molecular flexibility index (Phi) is 4.79. The fraction of sp³-hybridized carbons (Fsp3) is 0.211. The molecule has 6 nitrogen and oxygen atoms in total. The molecule has 6 heteroatoms. The number of carbonyl (C=O) groups is 2. The molecular formula is C19H20N4O2. The van der Waals surface area contributed by atoms with Crippen molar-refractivity contribution in [3.05, 3.63) is 60.4 Å². The molecule has 2 N–H and O–H groups in total. The fourth-order valence-corrected chi connectivity index (χ4v) is 2.66. The Morgan fingerprint density at radius 3 is 2.56 bits per heavy atom. The number of para-hydroxylation sites is 2. The van der Waals surface area contributed by atoms with Gasteiger partial charge in [-0.2, -0.15) is 0 Å². The van der Waals surface area contributed by atoms with E-state index in [0.717, 1.165) is 22.3 Å². The van der Waals surface area contributed by atoms with E-state index in [4.69, 9.17) is 0 Å². The number of hydrogen-bond donors (Lipinski definition) is 2. The number of nitrogens with zero attached hydrogens (tertiary/aromatic N) is 2. The third-order valence-electron chi connectivity index (χ3n) is 4.02. The third-order valence-corrected chi connectivity index (χ3v) is 4.02. The predicted octanol–water partition coefficient (Wildman–Crippen LogP) is 2.87. The maximum Gasteiger partial charge on any atom is 0.243 e. The van der Waals surface area contributed by atoms with Gasteiger partial charge >= 0.3 is 0 Å². The van der Waals surface area contributed by atoms with E-state index in [2.05, 4.69) is 15.6 Å². The molecule has 2 amide bonds. The van der Waals surface area contributed by atoms with Crippen LogP contribution in [0.3, 0.4) is 0 Å². The highest BCUT2D eigenvalue weighted by atomic mass is 16.2. The summed E-state index contributed by atoms with van der Waals surface area (Å²) < 4.78 is 1.87. The molecular weight excluding hydrogens is 316 g/mol. The third kappa shape index (κ3) is 3.85. The van der Waals surface area contributed by atoms with Gasteiger partial charge in [0.15, 0.2) is 0 Å². The van der Waals surface area contributed by atoms with Crippen molar-refractivity contribution in [2.45, 2.75) is 26.4 Å². The molecule has 0 aliphatic carbocycles. The van der Waals surface area contributed by atoms with Crippen LogP contribution in [0.5, 0.6) is 0 Å². The zero-order valence-electron chi connectivity index (χ0n) is 14.2. The number of aromatic nitrogens is 2. The van der Waals surface area contributed by atoms with Gasteiger partial charge in [0, 0.05) is 19.2 Å². The lowest BCUT2D eigenvalue weighted by Crippen LogP contribution is -2.30. The van der Waals surface area contributed by atoms with Crippen molar-refractivity contribution in [1.82, 2.24) is 14.9 Å². The summed E-state index contributed by atoms with van der Waals surface area (Å²) in [5.41, 5.74) is 3.51. The molecule has 3 aromatic rings. The SMILES string of the molecule is CC(=O)Nc1ccc(CNC(=O)C(C)n2cnc3ccccc32)cc1. The number of hydrogen-bond acceptors (Lipinski definition) is 3. The van der Waals surface area contributed by atoms with E-state index in [1.807, 2.05) is 60.0 Å². The standard InChI is InChI=1S/C19H20N4O2/c1-13(23-12-21-17-5-3-4-6-18(17)23)19(25)20-11-15-7-9-16(10-8-15)22-14(2)24/h3-10,12-13H,11H2,1-2H3,(H,20,25)(H,22,24). The normalized spacial score (nSPS) is 11.9. The molecule has 0 bridgehead atoms. The summed E-state index contributed by atoms with van der Waals surface area (Å²) in [6.07, 6.45) is 1.69. The minimum Gasteiger partial charge on any atom is -0.350 e. The first-order valence-electron chi connectivity index (χ1n) is 8.10. The molecule has 3 rings (SSSR count). The molecule has 0 aliphatic heterocycles. The van der Waals surface area contributed by atoms with Crippen LogP contribution < -0.4 is 10.6 Å². The van der Waals surface area contributed by atoms with Crippen molar-refractivity contribution < 1.29 is 9.59 Å². The van der Waals surface area contributed by atoms with Crippen LogP contribution in [0.15, 0.2) is 54.9 Å². The lowest BCUT2D eigenvalue weighted by atomic mass is 10.2. The van der Waals surface area contributed by atoms with Crippen LogP contribution in [0.1, 0.15) is 25.5 Å². The second-order valence-corrected chi connectivity index (χ2v) is 5.91. The molecule has 128 valence electrons. The number of rotatable bonds is 5. The average molecular weight is 336 g/mol. The first kappa shape index (κ1) is 16.7. The molecule has 1 atom stereocenters. The largest absolute Gasteiger partial charge is 0.350 e. The Morgan fingerprint density at radius 2 is 1.84 bits per heavy atom. The van der Waals surface area contributed by atoms with Crippen molar-refractivity contribution in [1.29, 1.82) is 0 Å². The molecule has 1 unspecified atom stereocenters. The van der Waals surface area contributed by atoms with Gasteiger partial charge in [0.1, 0.15) is 6.04 Å². The minimum absolute atomic E-state index is 0.0749. The molecule has 0 saturated carbocycles. The molecule has 25 heavy (non-hydrogen) atoms.